The normalized spacial score (nSPS) is 18.9. The third kappa shape index (κ3) is 3.22. The van der Waals surface area contributed by atoms with Crippen LogP contribution in [-0.2, 0) is 31.2 Å². The van der Waals surface area contributed by atoms with Gasteiger partial charge in [-0.1, -0.05) is 6.07 Å². The van der Waals surface area contributed by atoms with E-state index in [1.165, 1.54) is 18.2 Å². The molecule has 2 aromatic rings. The molecule has 1 saturated heterocycles. The second-order valence-electron chi connectivity index (χ2n) is 7.47. The number of rotatable bonds is 4. The zero-order chi connectivity index (χ0) is 19.1. The molecular weight excluding hydrogens is 368 g/mol. The van der Waals surface area contributed by atoms with Crippen LogP contribution < -0.4 is 0 Å². The lowest BCUT2D eigenvalue weighted by Gasteiger charge is -2.16. The molecule has 1 amide bonds. The zero-order valence-electron chi connectivity index (χ0n) is 15.4. The highest BCUT2D eigenvalue weighted by Gasteiger charge is 2.32. The Morgan fingerprint density at radius 3 is 2.56 bits per heavy atom. The Morgan fingerprint density at radius 2 is 1.89 bits per heavy atom. The number of carbonyl (C=O) groups excluding carboxylic acids is 1. The number of halogens is 2. The number of hydrogen-bond donors (Lipinski definition) is 0. The average molecular weight is 391 g/mol. The van der Waals surface area contributed by atoms with Gasteiger partial charge in [0.05, 0.1) is 0 Å². The number of aromatic nitrogens is 2. The van der Waals surface area contributed by atoms with Crippen molar-refractivity contribution < 1.29 is 13.6 Å². The third-order valence-corrected chi connectivity index (χ3v) is 6.36. The summed E-state index contributed by atoms with van der Waals surface area (Å²) in [7, 11) is 1.90. The summed E-state index contributed by atoms with van der Waals surface area (Å²) in [6, 6.07) is 3.99. The standard InChI is InChI=1S/C20H23F2N3OS/c1-23-16(7-8-18(26)24-9-2-3-10-24)17-11-13(12-25(17)20(23)27)19-14(21)5-4-6-15(19)22/h4-6,13H,2-3,7-12H2,1H3. The van der Waals surface area contributed by atoms with E-state index in [1.54, 1.807) is 0 Å². The minimum atomic E-state index is -0.508. The van der Waals surface area contributed by atoms with Crippen molar-refractivity contribution in [3.05, 3.63) is 51.6 Å². The van der Waals surface area contributed by atoms with Gasteiger partial charge in [-0.2, -0.15) is 0 Å². The van der Waals surface area contributed by atoms with Crippen molar-refractivity contribution in [2.75, 3.05) is 13.1 Å². The van der Waals surface area contributed by atoms with Gasteiger partial charge in [0.15, 0.2) is 4.77 Å². The second-order valence-corrected chi connectivity index (χ2v) is 7.84. The second kappa shape index (κ2) is 7.19. The molecule has 2 aliphatic heterocycles. The van der Waals surface area contributed by atoms with Crippen LogP contribution in [0.15, 0.2) is 18.2 Å². The number of imidazole rings is 1. The van der Waals surface area contributed by atoms with Gasteiger partial charge < -0.3 is 14.0 Å². The van der Waals surface area contributed by atoms with Crippen LogP contribution in [-0.4, -0.2) is 33.0 Å². The molecular formula is C20H23F2N3OS. The Balaban J connectivity index is 1.56. The number of benzene rings is 1. The zero-order valence-corrected chi connectivity index (χ0v) is 16.2. The molecule has 4 nitrogen and oxygen atoms in total. The first-order valence-corrected chi connectivity index (χ1v) is 9.87. The van der Waals surface area contributed by atoms with Crippen LogP contribution in [0.3, 0.4) is 0 Å². The van der Waals surface area contributed by atoms with Gasteiger partial charge in [0.1, 0.15) is 11.6 Å². The summed E-state index contributed by atoms with van der Waals surface area (Å²) in [6.45, 7) is 2.17. The minimum Gasteiger partial charge on any atom is -0.343 e. The Morgan fingerprint density at radius 1 is 1.22 bits per heavy atom. The van der Waals surface area contributed by atoms with E-state index in [2.05, 4.69) is 0 Å². The van der Waals surface area contributed by atoms with Crippen molar-refractivity contribution in [1.29, 1.82) is 0 Å². The third-order valence-electron chi connectivity index (χ3n) is 5.87. The number of nitrogens with zero attached hydrogens (tertiary/aromatic N) is 3. The molecule has 27 heavy (non-hydrogen) atoms. The predicted molar refractivity (Wildman–Crippen MR) is 101 cm³/mol. The van der Waals surface area contributed by atoms with Gasteiger partial charge in [0, 0.05) is 56.0 Å². The smallest absolute Gasteiger partial charge is 0.222 e. The summed E-state index contributed by atoms with van der Waals surface area (Å²) in [4.78, 5) is 14.3. The highest BCUT2D eigenvalue weighted by atomic mass is 32.1. The molecule has 0 N–H and O–H groups in total. The maximum absolute atomic E-state index is 14.2. The lowest BCUT2D eigenvalue weighted by Crippen LogP contribution is -2.28. The minimum absolute atomic E-state index is 0.136. The lowest BCUT2D eigenvalue weighted by atomic mass is 9.95. The van der Waals surface area contributed by atoms with Crippen LogP contribution >= 0.6 is 12.2 Å². The van der Waals surface area contributed by atoms with Gasteiger partial charge in [-0.25, -0.2) is 8.78 Å². The van der Waals surface area contributed by atoms with Crippen molar-refractivity contribution >= 4 is 18.1 Å². The van der Waals surface area contributed by atoms with Crippen molar-refractivity contribution in [2.45, 2.75) is 44.6 Å². The highest BCUT2D eigenvalue weighted by molar-refractivity contribution is 7.71. The fourth-order valence-corrected chi connectivity index (χ4v) is 4.75. The van der Waals surface area contributed by atoms with E-state index in [9.17, 15) is 13.6 Å². The molecule has 0 saturated carbocycles. The summed E-state index contributed by atoms with van der Waals surface area (Å²) >= 11 is 5.54. The van der Waals surface area contributed by atoms with Crippen molar-refractivity contribution in [2.24, 2.45) is 7.05 Å². The molecule has 7 heteroatoms. The Hall–Kier alpha value is -2.02. The quantitative estimate of drug-likeness (QED) is 0.744. The summed E-state index contributed by atoms with van der Waals surface area (Å²) in [5, 5.41) is 0. The summed E-state index contributed by atoms with van der Waals surface area (Å²) < 4.78 is 33.0. The van der Waals surface area contributed by atoms with E-state index in [-0.39, 0.29) is 17.4 Å². The number of amides is 1. The van der Waals surface area contributed by atoms with Crippen LogP contribution in [0.1, 0.15) is 42.1 Å². The number of likely N-dealkylation sites (tertiary alicyclic amines) is 1. The predicted octanol–water partition coefficient (Wildman–Crippen LogP) is 3.73. The SMILES string of the molecule is Cn1c(CCC(=O)N2CCCC2)c2n(c1=S)CC(c1c(F)cccc1F)C2. The van der Waals surface area contributed by atoms with Gasteiger partial charge in [-0.05, 0) is 50.0 Å². The number of hydrogen-bond acceptors (Lipinski definition) is 2. The van der Waals surface area contributed by atoms with Crippen molar-refractivity contribution in [3.8, 4) is 0 Å². The van der Waals surface area contributed by atoms with Crippen LogP contribution in [0, 0.1) is 16.4 Å². The van der Waals surface area contributed by atoms with Crippen LogP contribution in [0.25, 0.3) is 0 Å². The first-order chi connectivity index (χ1) is 13.0. The van der Waals surface area contributed by atoms with E-state index in [0.29, 0.717) is 30.6 Å². The van der Waals surface area contributed by atoms with Crippen molar-refractivity contribution in [3.63, 3.8) is 0 Å². The molecule has 2 aliphatic rings. The fourth-order valence-electron chi connectivity index (χ4n) is 4.45. The van der Waals surface area contributed by atoms with E-state index in [0.717, 1.165) is 37.3 Å². The summed E-state index contributed by atoms with van der Waals surface area (Å²) in [5.74, 6) is -1.11. The topological polar surface area (TPSA) is 30.2 Å². The fraction of sp³-hybridized carbons (Fsp3) is 0.500. The van der Waals surface area contributed by atoms with Gasteiger partial charge >= 0.3 is 0 Å². The monoisotopic (exact) mass is 391 g/mol. The molecule has 0 bridgehead atoms. The number of fused-ring (bicyclic) bond motifs is 1. The Kier molecular flexibility index (Phi) is 4.88. The largest absolute Gasteiger partial charge is 0.343 e. The Bertz CT molecular complexity index is 923. The molecule has 1 atom stereocenters. The van der Waals surface area contributed by atoms with Crippen LogP contribution in [0.4, 0.5) is 8.78 Å². The van der Waals surface area contributed by atoms with E-state index in [4.69, 9.17) is 12.2 Å². The maximum atomic E-state index is 14.2. The molecule has 0 spiro atoms. The van der Waals surface area contributed by atoms with Crippen molar-refractivity contribution in [1.82, 2.24) is 14.0 Å². The maximum Gasteiger partial charge on any atom is 0.222 e. The van der Waals surface area contributed by atoms with Crippen LogP contribution in [0.5, 0.6) is 0 Å². The Labute approximate surface area is 162 Å². The van der Waals surface area contributed by atoms with E-state index < -0.39 is 11.6 Å². The molecule has 0 aliphatic carbocycles. The molecule has 3 heterocycles. The van der Waals surface area contributed by atoms with Gasteiger partial charge in [0.25, 0.3) is 0 Å². The molecule has 1 aromatic carbocycles. The summed E-state index contributed by atoms with van der Waals surface area (Å²) in [5.41, 5.74) is 2.15. The van der Waals surface area contributed by atoms with E-state index in [1.807, 2.05) is 21.1 Å². The average Bonchev–Trinajstić information content (AvgIpc) is 3.34. The highest BCUT2D eigenvalue weighted by Crippen LogP contribution is 2.35. The van der Waals surface area contributed by atoms with Gasteiger partial charge in [-0.15, -0.1) is 0 Å². The lowest BCUT2D eigenvalue weighted by molar-refractivity contribution is -0.130. The van der Waals surface area contributed by atoms with Crippen LogP contribution in [0.2, 0.25) is 0 Å². The number of carbonyl (C=O) groups is 1. The molecule has 4 rings (SSSR count). The molecule has 1 aromatic heterocycles. The van der Waals surface area contributed by atoms with E-state index >= 15 is 0 Å². The summed E-state index contributed by atoms with van der Waals surface area (Å²) in [6.07, 6.45) is 3.73. The molecule has 0 radical (unpaired) electrons. The van der Waals surface area contributed by atoms with Gasteiger partial charge in [-0.3, -0.25) is 4.79 Å². The first kappa shape index (κ1) is 18.3. The van der Waals surface area contributed by atoms with Gasteiger partial charge in [0.2, 0.25) is 5.91 Å². The molecule has 144 valence electrons. The molecule has 1 fully saturated rings. The first-order valence-electron chi connectivity index (χ1n) is 9.46. The molecule has 1 unspecified atom stereocenters.